The van der Waals surface area contributed by atoms with E-state index in [0.717, 1.165) is 0 Å². The van der Waals surface area contributed by atoms with E-state index in [1.54, 1.807) is 6.92 Å². The maximum atomic E-state index is 11.5. The van der Waals surface area contributed by atoms with Gasteiger partial charge in [-0.1, -0.05) is 13.8 Å². The lowest BCUT2D eigenvalue weighted by molar-refractivity contribution is -0.539. The van der Waals surface area contributed by atoms with Gasteiger partial charge in [0.1, 0.15) is 0 Å². The Balaban J connectivity index is 5.05. The summed E-state index contributed by atoms with van der Waals surface area (Å²) in [5, 5.41) is 20.6. The molecule has 15 heavy (non-hydrogen) atoms. The first-order valence-electron chi connectivity index (χ1n) is 4.81. The van der Waals surface area contributed by atoms with E-state index in [1.165, 1.54) is 20.8 Å². The number of hydrogen-bond donors (Lipinski definition) is 1. The van der Waals surface area contributed by atoms with Gasteiger partial charge in [-0.2, -0.15) is 0 Å². The van der Waals surface area contributed by atoms with Crippen LogP contribution in [0, 0.1) is 16.0 Å². The van der Waals surface area contributed by atoms with Crippen molar-refractivity contribution in [1.29, 1.82) is 0 Å². The Labute approximate surface area is 88.4 Å². The molecule has 0 heterocycles. The van der Waals surface area contributed by atoms with Gasteiger partial charge in [0.25, 0.3) is 0 Å². The first kappa shape index (κ1) is 13.8. The molecular formula is C9H17NO5. The van der Waals surface area contributed by atoms with E-state index in [9.17, 15) is 20.0 Å². The zero-order valence-electron chi connectivity index (χ0n) is 9.39. The lowest BCUT2D eigenvalue weighted by Gasteiger charge is -2.29. The quantitative estimate of drug-likeness (QED) is 0.415. The van der Waals surface area contributed by atoms with E-state index < -0.39 is 28.5 Å². The largest absolute Gasteiger partial charge is 0.464 e. The van der Waals surface area contributed by atoms with Crippen molar-refractivity contribution in [3.05, 3.63) is 10.1 Å². The molecule has 0 saturated carbocycles. The van der Waals surface area contributed by atoms with Crippen LogP contribution in [-0.4, -0.2) is 34.2 Å². The van der Waals surface area contributed by atoms with Gasteiger partial charge in [-0.25, -0.2) is 4.79 Å². The monoisotopic (exact) mass is 219 g/mol. The normalized spacial score (nSPS) is 16.9. The molecule has 0 radical (unpaired) electrons. The van der Waals surface area contributed by atoms with E-state index in [-0.39, 0.29) is 6.61 Å². The summed E-state index contributed by atoms with van der Waals surface area (Å²) in [5.74, 6) is -1.53. The van der Waals surface area contributed by atoms with Gasteiger partial charge in [-0.05, 0) is 12.8 Å². The number of carbonyl (C=O) groups excluding carboxylic acids is 1. The molecule has 0 aliphatic heterocycles. The number of ether oxygens (including phenoxy) is 1. The average Bonchev–Trinajstić information content (AvgIpc) is 2.15. The number of esters is 1. The fourth-order valence-electron chi connectivity index (χ4n) is 1.30. The number of carbonyl (C=O) groups is 1. The van der Waals surface area contributed by atoms with Crippen LogP contribution in [0.4, 0.5) is 0 Å². The molecule has 0 fully saturated rings. The molecule has 0 aromatic heterocycles. The molecule has 0 aliphatic carbocycles. The molecule has 1 N–H and O–H groups in total. The topological polar surface area (TPSA) is 89.7 Å². The van der Waals surface area contributed by atoms with E-state index in [0.29, 0.717) is 0 Å². The highest BCUT2D eigenvalue weighted by atomic mass is 16.6. The van der Waals surface area contributed by atoms with Crippen LogP contribution in [0.2, 0.25) is 0 Å². The highest BCUT2D eigenvalue weighted by Crippen LogP contribution is 2.24. The van der Waals surface area contributed by atoms with Crippen LogP contribution >= 0.6 is 0 Å². The molecule has 0 aromatic rings. The van der Waals surface area contributed by atoms with Crippen LogP contribution in [-0.2, 0) is 9.53 Å². The van der Waals surface area contributed by atoms with Gasteiger partial charge in [0.2, 0.25) is 11.6 Å². The Morgan fingerprint density at radius 2 is 2.00 bits per heavy atom. The lowest BCUT2D eigenvalue weighted by atomic mass is 9.84. The van der Waals surface area contributed by atoms with Crippen LogP contribution in [0.15, 0.2) is 0 Å². The molecule has 0 aromatic carbocycles. The van der Waals surface area contributed by atoms with Gasteiger partial charge in [-0.3, -0.25) is 10.1 Å². The summed E-state index contributed by atoms with van der Waals surface area (Å²) in [6, 6.07) is -1.39. The minimum absolute atomic E-state index is 0.0816. The van der Waals surface area contributed by atoms with Gasteiger partial charge in [0.15, 0.2) is 0 Å². The smallest absolute Gasteiger partial charge is 0.345 e. The molecule has 88 valence electrons. The van der Waals surface area contributed by atoms with Crippen molar-refractivity contribution in [1.82, 2.24) is 0 Å². The molecule has 6 heteroatoms. The summed E-state index contributed by atoms with van der Waals surface area (Å²) in [6.07, 6.45) is 0. The Bertz CT molecular complexity index is 253. The maximum Gasteiger partial charge on any atom is 0.345 e. The van der Waals surface area contributed by atoms with Crippen LogP contribution in [0.5, 0.6) is 0 Å². The van der Waals surface area contributed by atoms with Gasteiger partial charge in [0, 0.05) is 11.8 Å². The molecular weight excluding hydrogens is 202 g/mol. The number of nitrogens with zero attached hydrogens (tertiary/aromatic N) is 1. The van der Waals surface area contributed by atoms with Crippen molar-refractivity contribution in [2.45, 2.75) is 39.3 Å². The fourth-order valence-corrected chi connectivity index (χ4v) is 1.30. The number of aliphatic hydroxyl groups is 1. The summed E-state index contributed by atoms with van der Waals surface area (Å²) in [7, 11) is 0. The van der Waals surface area contributed by atoms with Gasteiger partial charge in [0.05, 0.1) is 6.61 Å². The summed E-state index contributed by atoms with van der Waals surface area (Å²) >= 11 is 0. The third-order valence-corrected chi connectivity index (χ3v) is 2.44. The molecule has 0 amide bonds. The summed E-state index contributed by atoms with van der Waals surface area (Å²) < 4.78 is 4.65. The van der Waals surface area contributed by atoms with Crippen LogP contribution in [0.3, 0.4) is 0 Å². The van der Waals surface area contributed by atoms with Crippen LogP contribution in [0.25, 0.3) is 0 Å². The zero-order valence-corrected chi connectivity index (χ0v) is 9.39. The van der Waals surface area contributed by atoms with Crippen molar-refractivity contribution in [2.24, 2.45) is 5.92 Å². The Kier molecular flexibility index (Phi) is 4.67. The summed E-state index contributed by atoms with van der Waals surface area (Å²) in [4.78, 5) is 21.4. The highest BCUT2D eigenvalue weighted by molar-refractivity contribution is 5.80. The Morgan fingerprint density at radius 1 is 1.53 bits per heavy atom. The molecule has 0 rings (SSSR count). The molecule has 0 spiro atoms. The Hall–Kier alpha value is -1.17. The standard InChI is InChI=1S/C9H17NO5/c1-5-15-8(11)9(12,6(2)3)7(4)10(13)14/h6-7,12H,5H2,1-4H3/t7-,9-/m0/s1. The van der Waals surface area contributed by atoms with E-state index in [1.807, 2.05) is 0 Å². The van der Waals surface area contributed by atoms with Crippen LogP contribution < -0.4 is 0 Å². The summed E-state index contributed by atoms with van der Waals surface area (Å²) in [6.45, 7) is 5.93. The second-order valence-corrected chi connectivity index (χ2v) is 3.66. The van der Waals surface area contributed by atoms with Gasteiger partial charge < -0.3 is 9.84 Å². The molecule has 0 unspecified atom stereocenters. The molecule has 6 nitrogen and oxygen atoms in total. The van der Waals surface area contributed by atoms with Crippen molar-refractivity contribution < 1.29 is 19.6 Å². The van der Waals surface area contributed by atoms with E-state index in [2.05, 4.69) is 4.74 Å². The van der Waals surface area contributed by atoms with E-state index >= 15 is 0 Å². The highest BCUT2D eigenvalue weighted by Gasteiger charge is 2.52. The first-order chi connectivity index (χ1) is 6.78. The fraction of sp³-hybridized carbons (Fsp3) is 0.889. The lowest BCUT2D eigenvalue weighted by Crippen LogP contribution is -2.56. The second kappa shape index (κ2) is 5.06. The van der Waals surface area contributed by atoms with Crippen molar-refractivity contribution in [3.63, 3.8) is 0 Å². The maximum absolute atomic E-state index is 11.5. The predicted octanol–water partition coefficient (Wildman–Crippen LogP) is 0.602. The van der Waals surface area contributed by atoms with Crippen molar-refractivity contribution in [2.75, 3.05) is 6.61 Å². The van der Waals surface area contributed by atoms with Crippen molar-refractivity contribution >= 4 is 5.97 Å². The zero-order chi connectivity index (χ0) is 12.2. The SMILES string of the molecule is CCOC(=O)[C@](O)(C(C)C)[C@H](C)[N+](=O)[O-]. The van der Waals surface area contributed by atoms with Crippen LogP contribution in [0.1, 0.15) is 27.7 Å². The molecule has 2 atom stereocenters. The summed E-state index contributed by atoms with van der Waals surface area (Å²) in [5.41, 5.74) is -2.07. The van der Waals surface area contributed by atoms with Gasteiger partial charge in [-0.15, -0.1) is 0 Å². The second-order valence-electron chi connectivity index (χ2n) is 3.66. The number of hydrogen-bond acceptors (Lipinski definition) is 5. The number of nitro groups is 1. The predicted molar refractivity (Wildman–Crippen MR) is 52.9 cm³/mol. The first-order valence-corrected chi connectivity index (χ1v) is 4.81. The van der Waals surface area contributed by atoms with E-state index in [4.69, 9.17) is 0 Å². The minimum Gasteiger partial charge on any atom is -0.464 e. The van der Waals surface area contributed by atoms with Crippen molar-refractivity contribution in [3.8, 4) is 0 Å². The molecule has 0 saturated heterocycles. The Morgan fingerprint density at radius 3 is 2.27 bits per heavy atom. The third kappa shape index (κ3) is 2.65. The average molecular weight is 219 g/mol. The third-order valence-electron chi connectivity index (χ3n) is 2.44. The van der Waals surface area contributed by atoms with Gasteiger partial charge >= 0.3 is 5.97 Å². The minimum atomic E-state index is -2.07. The molecule has 0 aliphatic rings. The number of rotatable bonds is 5. The molecule has 0 bridgehead atoms.